The number of anilines is 1. The van der Waals surface area contributed by atoms with E-state index in [4.69, 9.17) is 15.5 Å². The highest BCUT2D eigenvalue weighted by Gasteiger charge is 2.27. The van der Waals surface area contributed by atoms with Gasteiger partial charge in [0.1, 0.15) is 17.9 Å². The van der Waals surface area contributed by atoms with Gasteiger partial charge in [0.2, 0.25) is 10.0 Å². The van der Waals surface area contributed by atoms with Crippen molar-refractivity contribution in [2.45, 2.75) is 45.9 Å². The minimum Gasteiger partial charge on any atom is -0.392 e. The van der Waals surface area contributed by atoms with E-state index in [2.05, 4.69) is 9.55 Å². The normalized spacial score (nSPS) is 15.7. The Bertz CT molecular complexity index is 1530. The van der Waals surface area contributed by atoms with Crippen molar-refractivity contribution in [2.24, 2.45) is 0 Å². The molecule has 4 aromatic rings. The quantitative estimate of drug-likeness (QED) is 0.304. The van der Waals surface area contributed by atoms with Gasteiger partial charge in [-0.05, 0) is 55.0 Å². The largest absolute Gasteiger partial charge is 0.392 e. The number of hydrogen-bond acceptors (Lipinski definition) is 7. The maximum Gasteiger partial charge on any atom is 0.214 e. The minimum atomic E-state index is -3.09. The monoisotopic (exact) mass is 523 g/mol. The van der Waals surface area contributed by atoms with E-state index in [9.17, 15) is 13.5 Å². The van der Waals surface area contributed by atoms with E-state index in [0.717, 1.165) is 51.8 Å². The van der Waals surface area contributed by atoms with E-state index < -0.39 is 10.0 Å². The number of unbranched alkanes of at least 4 members (excludes halogenated alkanes) is 1. The van der Waals surface area contributed by atoms with Crippen molar-refractivity contribution in [1.29, 1.82) is 0 Å². The van der Waals surface area contributed by atoms with Crippen molar-refractivity contribution in [3.63, 3.8) is 0 Å². The molecular formula is C27H33N5O4S. The lowest BCUT2D eigenvalue weighted by atomic mass is 10.0. The van der Waals surface area contributed by atoms with Crippen molar-refractivity contribution >= 4 is 37.8 Å². The molecule has 0 unspecified atom stereocenters. The fourth-order valence-corrected chi connectivity index (χ4v) is 6.60. The van der Waals surface area contributed by atoms with Crippen molar-refractivity contribution in [1.82, 2.24) is 18.8 Å². The molecule has 0 atom stereocenters. The number of aliphatic hydroxyl groups is 1. The maximum atomic E-state index is 12.1. The number of nitrogen functional groups attached to an aromatic ring is 1. The molecule has 0 aliphatic carbocycles. The van der Waals surface area contributed by atoms with Crippen LogP contribution in [0.25, 0.3) is 33.1 Å². The molecule has 2 aromatic heterocycles. The first kappa shape index (κ1) is 25.6. The number of hydrogen-bond donors (Lipinski definition) is 2. The third-order valence-corrected chi connectivity index (χ3v) is 8.86. The molecule has 10 heteroatoms. The number of nitrogens with two attached hydrogens (primary N) is 1. The second kappa shape index (κ2) is 10.7. The van der Waals surface area contributed by atoms with E-state index in [1.165, 1.54) is 0 Å². The zero-order valence-corrected chi connectivity index (χ0v) is 21.9. The average molecular weight is 524 g/mol. The number of aromatic nitrogens is 3. The van der Waals surface area contributed by atoms with Crippen LogP contribution in [0.2, 0.25) is 0 Å². The van der Waals surface area contributed by atoms with Gasteiger partial charge in [0.25, 0.3) is 0 Å². The van der Waals surface area contributed by atoms with Gasteiger partial charge in [0, 0.05) is 31.6 Å². The van der Waals surface area contributed by atoms with Crippen LogP contribution in [0.1, 0.15) is 37.6 Å². The van der Waals surface area contributed by atoms with Gasteiger partial charge in [-0.1, -0.05) is 30.3 Å². The molecule has 196 valence electrons. The summed E-state index contributed by atoms with van der Waals surface area (Å²) >= 11 is 0. The van der Waals surface area contributed by atoms with Gasteiger partial charge in [-0.15, -0.1) is 0 Å². The number of imidazole rings is 1. The average Bonchev–Trinajstić information content (AvgIpc) is 3.44. The number of sulfonamides is 1. The molecule has 0 radical (unpaired) electrons. The molecule has 1 saturated heterocycles. The zero-order chi connectivity index (χ0) is 26.0. The standard InChI is InChI=1S/C27H33N5O4S/c1-2-36-18-24-30-25-26(32(24)13-4-3-11-31-12-6-14-37(31,34)35)22-10-9-21(16-23(22)29-27(25)28)20-8-5-7-19(15-20)17-33/h5,7-10,15-16,33H,2-4,6,11-14,17-18H2,1H3,(H2,28,29). The van der Waals surface area contributed by atoms with E-state index in [0.29, 0.717) is 50.6 Å². The highest BCUT2D eigenvalue weighted by molar-refractivity contribution is 7.89. The number of rotatable bonds is 10. The first-order chi connectivity index (χ1) is 17.9. The summed E-state index contributed by atoms with van der Waals surface area (Å²) in [5.41, 5.74) is 11.6. The van der Waals surface area contributed by atoms with Gasteiger partial charge in [-0.25, -0.2) is 22.7 Å². The van der Waals surface area contributed by atoms with Crippen LogP contribution >= 0.6 is 0 Å². The summed E-state index contributed by atoms with van der Waals surface area (Å²) in [6.07, 6.45) is 2.26. The van der Waals surface area contributed by atoms with Gasteiger partial charge in [-0.2, -0.15) is 0 Å². The van der Waals surface area contributed by atoms with Crippen LogP contribution in [-0.2, 0) is 34.5 Å². The molecule has 5 rings (SSSR count). The van der Waals surface area contributed by atoms with Gasteiger partial charge in [-0.3, -0.25) is 0 Å². The van der Waals surface area contributed by atoms with Crippen molar-refractivity contribution in [2.75, 3.05) is 31.2 Å². The van der Waals surface area contributed by atoms with Crippen LogP contribution in [-0.4, -0.2) is 57.8 Å². The second-order valence-corrected chi connectivity index (χ2v) is 11.5. The van der Waals surface area contributed by atoms with Gasteiger partial charge in [0.15, 0.2) is 5.82 Å². The Balaban J connectivity index is 1.50. The first-order valence-electron chi connectivity index (χ1n) is 12.8. The lowest BCUT2D eigenvalue weighted by Gasteiger charge is -2.15. The molecule has 37 heavy (non-hydrogen) atoms. The Morgan fingerprint density at radius 1 is 1.08 bits per heavy atom. The van der Waals surface area contributed by atoms with E-state index >= 15 is 0 Å². The number of aliphatic hydroxyl groups excluding tert-OH is 1. The van der Waals surface area contributed by atoms with Gasteiger partial charge >= 0.3 is 0 Å². The predicted molar refractivity (Wildman–Crippen MR) is 145 cm³/mol. The topological polar surface area (TPSA) is 124 Å². The lowest BCUT2D eigenvalue weighted by molar-refractivity contribution is 0.126. The van der Waals surface area contributed by atoms with Crippen LogP contribution in [0.4, 0.5) is 5.82 Å². The molecule has 0 spiro atoms. The molecule has 3 N–H and O–H groups in total. The fraction of sp³-hybridized carbons (Fsp3) is 0.407. The van der Waals surface area contributed by atoms with Crippen molar-refractivity contribution in [3.05, 3.63) is 53.9 Å². The summed E-state index contributed by atoms with van der Waals surface area (Å²) in [6, 6.07) is 13.9. The molecule has 1 aliphatic heterocycles. The fourth-order valence-electron chi connectivity index (χ4n) is 5.03. The summed E-state index contributed by atoms with van der Waals surface area (Å²) in [5, 5.41) is 10.5. The number of ether oxygens (including phenoxy) is 1. The summed E-state index contributed by atoms with van der Waals surface area (Å²) in [5.74, 6) is 1.40. The number of fused-ring (bicyclic) bond motifs is 3. The maximum absolute atomic E-state index is 12.1. The van der Waals surface area contributed by atoms with Crippen molar-refractivity contribution < 1.29 is 18.3 Å². The smallest absolute Gasteiger partial charge is 0.214 e. The van der Waals surface area contributed by atoms with Crippen LogP contribution in [0.5, 0.6) is 0 Å². The predicted octanol–water partition coefficient (Wildman–Crippen LogP) is 3.68. The van der Waals surface area contributed by atoms with Gasteiger partial charge in [0.05, 0.1) is 23.4 Å². The van der Waals surface area contributed by atoms with Gasteiger partial charge < -0.3 is 20.1 Å². The van der Waals surface area contributed by atoms with E-state index in [-0.39, 0.29) is 12.4 Å². The minimum absolute atomic E-state index is 0.0152. The molecular weight excluding hydrogens is 490 g/mol. The SMILES string of the molecule is CCOCc1nc2c(N)nc3cc(-c4cccc(CO)c4)ccc3c2n1CCCCN1CCCS1(=O)=O. The molecule has 0 bridgehead atoms. The highest BCUT2D eigenvalue weighted by Crippen LogP contribution is 2.32. The summed E-state index contributed by atoms with van der Waals surface area (Å²) < 4.78 is 33.7. The number of pyridine rings is 1. The molecule has 3 heterocycles. The highest BCUT2D eigenvalue weighted by atomic mass is 32.2. The van der Waals surface area contributed by atoms with Crippen LogP contribution < -0.4 is 5.73 Å². The Morgan fingerprint density at radius 3 is 2.65 bits per heavy atom. The van der Waals surface area contributed by atoms with E-state index in [1.54, 1.807) is 4.31 Å². The lowest BCUT2D eigenvalue weighted by Crippen LogP contribution is -2.26. The van der Waals surface area contributed by atoms with Crippen molar-refractivity contribution in [3.8, 4) is 11.1 Å². The number of nitrogens with zero attached hydrogens (tertiary/aromatic N) is 4. The Hall–Kier alpha value is -3.05. The Kier molecular flexibility index (Phi) is 7.43. The third kappa shape index (κ3) is 5.19. The Morgan fingerprint density at radius 2 is 1.89 bits per heavy atom. The molecule has 9 nitrogen and oxygen atoms in total. The number of benzene rings is 2. The molecule has 1 aliphatic rings. The number of aryl methyl sites for hydroxylation is 1. The van der Waals surface area contributed by atoms with Crippen LogP contribution in [0.3, 0.4) is 0 Å². The van der Waals surface area contributed by atoms with Crippen LogP contribution in [0, 0.1) is 0 Å². The molecule has 1 fully saturated rings. The Labute approximate surface area is 216 Å². The second-order valence-electron chi connectivity index (χ2n) is 9.38. The summed E-state index contributed by atoms with van der Waals surface area (Å²) in [6.45, 7) is 4.69. The van der Waals surface area contributed by atoms with Crippen LogP contribution in [0.15, 0.2) is 42.5 Å². The summed E-state index contributed by atoms with van der Waals surface area (Å²) in [7, 11) is -3.09. The molecule has 0 saturated carbocycles. The van der Waals surface area contributed by atoms with E-state index in [1.807, 2.05) is 49.4 Å². The molecule has 2 aromatic carbocycles. The first-order valence-corrected chi connectivity index (χ1v) is 14.4. The zero-order valence-electron chi connectivity index (χ0n) is 21.1. The molecule has 0 amide bonds. The third-order valence-electron chi connectivity index (χ3n) is 6.90. The summed E-state index contributed by atoms with van der Waals surface area (Å²) in [4.78, 5) is 9.47.